The fraction of sp³-hybridized carbons (Fsp3) is 0.0714. The van der Waals surface area contributed by atoms with Gasteiger partial charge in [-0.3, -0.25) is 0 Å². The Morgan fingerprint density at radius 2 is 1.80 bits per heavy atom. The van der Waals surface area contributed by atoms with Crippen LogP contribution in [0.25, 0.3) is 21.5 Å². The van der Waals surface area contributed by atoms with Crippen LogP contribution in [0.1, 0.15) is 5.56 Å². The molecule has 3 rings (SSSR count). The maximum atomic E-state index is 13.2. The number of nitrogen functional groups attached to an aromatic ring is 1. The summed E-state index contributed by atoms with van der Waals surface area (Å²) >= 11 is 1.12. The van der Waals surface area contributed by atoms with Crippen LogP contribution in [0.15, 0.2) is 41.8 Å². The topological polar surface area (TPSA) is 38.9 Å². The Bertz CT molecular complexity index is 763. The minimum absolute atomic E-state index is 0.0119. The highest BCUT2D eigenvalue weighted by molar-refractivity contribution is 7.17. The average molecular weight is 294 g/mol. The van der Waals surface area contributed by atoms with Crippen LogP contribution in [-0.4, -0.2) is 4.98 Å². The Kier molecular flexibility index (Phi) is 2.90. The lowest BCUT2D eigenvalue weighted by molar-refractivity contribution is -0.136. The zero-order valence-electron chi connectivity index (χ0n) is 10.1. The molecule has 2 heterocycles. The highest BCUT2D eigenvalue weighted by atomic mass is 32.1. The van der Waals surface area contributed by atoms with Crippen LogP contribution in [0.2, 0.25) is 0 Å². The average Bonchev–Trinajstić information content (AvgIpc) is 2.79. The molecule has 2 nitrogen and oxygen atoms in total. The molecule has 0 saturated heterocycles. The van der Waals surface area contributed by atoms with Gasteiger partial charge >= 0.3 is 6.18 Å². The van der Waals surface area contributed by atoms with Crippen molar-refractivity contribution in [2.45, 2.75) is 6.18 Å². The molecule has 2 aromatic heterocycles. The van der Waals surface area contributed by atoms with Crippen molar-refractivity contribution in [2.24, 2.45) is 0 Å². The summed E-state index contributed by atoms with van der Waals surface area (Å²) in [5, 5.41) is 1.48. The van der Waals surface area contributed by atoms with E-state index in [1.165, 1.54) is 5.38 Å². The summed E-state index contributed by atoms with van der Waals surface area (Å²) in [7, 11) is 0. The van der Waals surface area contributed by atoms with Gasteiger partial charge in [-0.15, -0.1) is 11.3 Å². The van der Waals surface area contributed by atoms with Gasteiger partial charge in [0.05, 0.1) is 16.9 Å². The number of benzene rings is 1. The largest absolute Gasteiger partial charge is 0.417 e. The first-order valence-corrected chi connectivity index (χ1v) is 6.65. The number of nitrogens with two attached hydrogens (primary N) is 1. The summed E-state index contributed by atoms with van der Waals surface area (Å²) in [5.74, 6) is 0. The summed E-state index contributed by atoms with van der Waals surface area (Å²) in [4.78, 5) is 4.58. The highest BCUT2D eigenvalue weighted by Crippen LogP contribution is 2.41. The van der Waals surface area contributed by atoms with Gasteiger partial charge in [0.25, 0.3) is 0 Å². The number of thiophene rings is 1. The minimum atomic E-state index is -4.46. The second-order valence-corrected chi connectivity index (χ2v) is 5.15. The van der Waals surface area contributed by atoms with E-state index < -0.39 is 11.7 Å². The predicted molar refractivity (Wildman–Crippen MR) is 74.5 cm³/mol. The molecule has 0 unspecified atom stereocenters. The smallest absolute Gasteiger partial charge is 0.397 e. The van der Waals surface area contributed by atoms with Crippen molar-refractivity contribution in [3.8, 4) is 11.3 Å². The molecule has 1 aromatic carbocycles. The molecule has 0 aliphatic rings. The van der Waals surface area contributed by atoms with Crippen molar-refractivity contribution in [1.82, 2.24) is 4.98 Å². The van der Waals surface area contributed by atoms with Gasteiger partial charge in [-0.1, -0.05) is 30.3 Å². The van der Waals surface area contributed by atoms with E-state index in [1.807, 2.05) is 0 Å². The molecule has 0 saturated carbocycles. The number of anilines is 1. The summed E-state index contributed by atoms with van der Waals surface area (Å²) in [6.45, 7) is 0. The number of halogens is 3. The van der Waals surface area contributed by atoms with E-state index >= 15 is 0 Å². The molecule has 6 heteroatoms. The lowest BCUT2D eigenvalue weighted by Gasteiger charge is -2.11. The van der Waals surface area contributed by atoms with Crippen LogP contribution in [0.3, 0.4) is 0 Å². The molecule has 2 N–H and O–H groups in total. The number of hydrogen-bond acceptors (Lipinski definition) is 3. The van der Waals surface area contributed by atoms with Crippen molar-refractivity contribution >= 4 is 27.2 Å². The van der Waals surface area contributed by atoms with Gasteiger partial charge in [-0.25, -0.2) is 4.98 Å². The van der Waals surface area contributed by atoms with Crippen LogP contribution >= 0.6 is 11.3 Å². The van der Waals surface area contributed by atoms with Crippen molar-refractivity contribution in [1.29, 1.82) is 0 Å². The number of pyridine rings is 1. The van der Waals surface area contributed by atoms with Crippen molar-refractivity contribution in [2.75, 3.05) is 5.73 Å². The molecule has 0 spiro atoms. The number of fused-ring (bicyclic) bond motifs is 1. The maximum absolute atomic E-state index is 13.2. The molecule has 0 radical (unpaired) electrons. The number of aromatic nitrogens is 1. The van der Waals surface area contributed by atoms with E-state index in [-0.39, 0.29) is 11.1 Å². The van der Waals surface area contributed by atoms with Crippen LogP contribution < -0.4 is 5.73 Å². The van der Waals surface area contributed by atoms with Crippen LogP contribution in [-0.2, 0) is 6.18 Å². The van der Waals surface area contributed by atoms with E-state index in [0.717, 1.165) is 17.4 Å². The van der Waals surface area contributed by atoms with Gasteiger partial charge < -0.3 is 5.73 Å². The second kappa shape index (κ2) is 4.49. The zero-order chi connectivity index (χ0) is 14.3. The monoisotopic (exact) mass is 294 g/mol. The van der Waals surface area contributed by atoms with Gasteiger partial charge in [0.1, 0.15) is 4.83 Å². The molecule has 0 atom stereocenters. The summed E-state index contributed by atoms with van der Waals surface area (Å²) < 4.78 is 39.6. The second-order valence-electron chi connectivity index (χ2n) is 4.29. The summed E-state index contributed by atoms with van der Waals surface area (Å²) in [6.07, 6.45) is -4.46. The Morgan fingerprint density at radius 1 is 1.10 bits per heavy atom. The molecule has 0 aliphatic carbocycles. The summed E-state index contributed by atoms with van der Waals surface area (Å²) in [6, 6.07) is 9.83. The van der Waals surface area contributed by atoms with E-state index in [2.05, 4.69) is 4.98 Å². The Labute approximate surface area is 116 Å². The fourth-order valence-electron chi connectivity index (χ4n) is 2.04. The van der Waals surface area contributed by atoms with Crippen molar-refractivity contribution < 1.29 is 13.2 Å². The zero-order valence-corrected chi connectivity index (χ0v) is 10.9. The van der Waals surface area contributed by atoms with E-state index in [4.69, 9.17) is 5.73 Å². The summed E-state index contributed by atoms with van der Waals surface area (Å²) in [5.41, 5.74) is 5.96. The molecule has 0 bridgehead atoms. The third kappa shape index (κ3) is 2.12. The molecule has 3 aromatic rings. The van der Waals surface area contributed by atoms with Gasteiger partial charge in [0.2, 0.25) is 0 Å². The van der Waals surface area contributed by atoms with Gasteiger partial charge in [-0.2, -0.15) is 13.2 Å². The van der Waals surface area contributed by atoms with Crippen LogP contribution in [0, 0.1) is 0 Å². The normalized spacial score (nSPS) is 11.9. The van der Waals surface area contributed by atoms with E-state index in [0.29, 0.717) is 16.1 Å². The quantitative estimate of drug-likeness (QED) is 0.714. The van der Waals surface area contributed by atoms with Crippen LogP contribution in [0.5, 0.6) is 0 Å². The fourth-order valence-corrected chi connectivity index (χ4v) is 2.90. The van der Waals surface area contributed by atoms with Gasteiger partial charge in [-0.05, 0) is 6.07 Å². The number of rotatable bonds is 1. The molecular formula is C14H9F3N2S. The van der Waals surface area contributed by atoms with Crippen molar-refractivity contribution in [3.63, 3.8) is 0 Å². The third-order valence-corrected chi connectivity index (χ3v) is 3.84. The number of hydrogen-bond donors (Lipinski definition) is 1. The first-order chi connectivity index (χ1) is 9.47. The third-order valence-electron chi connectivity index (χ3n) is 2.95. The molecule has 20 heavy (non-hydrogen) atoms. The predicted octanol–water partition coefficient (Wildman–Crippen LogP) is 4.56. The number of nitrogens with zero attached hydrogens (tertiary/aromatic N) is 1. The molecule has 0 fully saturated rings. The molecule has 102 valence electrons. The Balaban J connectivity index is 2.32. The lowest BCUT2D eigenvalue weighted by Crippen LogP contribution is -2.07. The van der Waals surface area contributed by atoms with Crippen molar-refractivity contribution in [3.05, 3.63) is 47.3 Å². The first-order valence-electron chi connectivity index (χ1n) is 5.77. The standard InChI is InChI=1S/C14H9F3N2S/c15-14(16,17)9-6-11(8-4-2-1-3-5-8)19-13-12(9)10(18)7-20-13/h1-7H,18H2. The minimum Gasteiger partial charge on any atom is -0.397 e. The molecular weight excluding hydrogens is 285 g/mol. The van der Waals surface area contributed by atoms with Gasteiger partial charge in [0.15, 0.2) is 0 Å². The Morgan fingerprint density at radius 3 is 2.45 bits per heavy atom. The molecule has 0 amide bonds. The van der Waals surface area contributed by atoms with E-state index in [1.54, 1.807) is 30.3 Å². The first kappa shape index (κ1) is 12.9. The Hall–Kier alpha value is -2.08. The van der Waals surface area contributed by atoms with Gasteiger partial charge in [0, 0.05) is 16.3 Å². The highest BCUT2D eigenvalue weighted by Gasteiger charge is 2.34. The van der Waals surface area contributed by atoms with Crippen LogP contribution in [0.4, 0.5) is 18.9 Å². The maximum Gasteiger partial charge on any atom is 0.417 e. The van der Waals surface area contributed by atoms with E-state index in [9.17, 15) is 13.2 Å². The molecule has 0 aliphatic heterocycles. The lowest BCUT2D eigenvalue weighted by atomic mass is 10.1. The SMILES string of the molecule is Nc1csc2nc(-c3ccccc3)cc(C(F)(F)F)c12. The number of alkyl halides is 3.